The fourth-order valence-corrected chi connectivity index (χ4v) is 6.33. The van der Waals surface area contributed by atoms with E-state index in [2.05, 4.69) is 46.2 Å². The van der Waals surface area contributed by atoms with E-state index < -0.39 is 10.0 Å². The summed E-state index contributed by atoms with van der Waals surface area (Å²) in [4.78, 5) is 3.76. The number of nitrogens with zero attached hydrogens (tertiary/aromatic N) is 7. The molecule has 0 radical (unpaired) electrons. The summed E-state index contributed by atoms with van der Waals surface area (Å²) in [5, 5.41) is 13.7. The fraction of sp³-hybridized carbons (Fsp3) is 0.423. The minimum Gasteiger partial charge on any atom is -0.293 e. The predicted octanol–water partition coefficient (Wildman–Crippen LogP) is 3.79. The molecule has 0 N–H and O–H groups in total. The number of aryl methyl sites for hydroxylation is 2. The van der Waals surface area contributed by atoms with Crippen molar-refractivity contribution >= 4 is 20.9 Å². The average molecular weight is 526 g/mol. The van der Waals surface area contributed by atoms with Gasteiger partial charge < -0.3 is 0 Å². The van der Waals surface area contributed by atoms with Gasteiger partial charge in [0.2, 0.25) is 5.03 Å². The molecule has 0 amide bonds. The number of halogens is 1. The highest BCUT2D eigenvalue weighted by Crippen LogP contribution is 2.34. The summed E-state index contributed by atoms with van der Waals surface area (Å²) >= 11 is 0. The Balaban J connectivity index is 1.52. The molecular weight excluding hydrogens is 493 g/mol. The molecule has 3 heterocycles. The molecule has 1 aliphatic heterocycles. The van der Waals surface area contributed by atoms with Crippen molar-refractivity contribution in [2.75, 3.05) is 26.2 Å². The number of hydrogen-bond acceptors (Lipinski definition) is 6. The quantitative estimate of drug-likeness (QED) is 0.365. The number of sulfonamides is 1. The van der Waals surface area contributed by atoms with Crippen molar-refractivity contribution in [3.8, 4) is 5.69 Å². The molecule has 1 atom stereocenters. The second-order valence-corrected chi connectivity index (χ2v) is 11.8. The van der Waals surface area contributed by atoms with Gasteiger partial charge in [0, 0.05) is 37.6 Å². The SMILES string of the molecule is CCn1ncc(S(=O)(=O)N2CCN(CC(C)C)[C@@H](c3cc4cnn(-c5ccc(F)cc5)c4cc3C)C2)n1. The van der Waals surface area contributed by atoms with Crippen molar-refractivity contribution in [2.24, 2.45) is 5.92 Å². The lowest BCUT2D eigenvalue weighted by Gasteiger charge is -2.42. The van der Waals surface area contributed by atoms with Gasteiger partial charge in [0.05, 0.1) is 30.1 Å². The molecule has 0 aliphatic carbocycles. The molecule has 9 nitrogen and oxygen atoms in total. The average Bonchev–Trinajstić information content (AvgIpc) is 3.51. The van der Waals surface area contributed by atoms with Crippen LogP contribution in [0.2, 0.25) is 0 Å². The maximum Gasteiger partial charge on any atom is 0.264 e. The molecule has 0 unspecified atom stereocenters. The van der Waals surface area contributed by atoms with Crippen LogP contribution in [0.5, 0.6) is 0 Å². The van der Waals surface area contributed by atoms with Crippen LogP contribution in [0.1, 0.15) is 37.9 Å². The van der Waals surface area contributed by atoms with Crippen LogP contribution in [0.15, 0.2) is 53.8 Å². The Morgan fingerprint density at radius 3 is 2.51 bits per heavy atom. The third-order valence-corrected chi connectivity index (χ3v) is 8.57. The lowest BCUT2D eigenvalue weighted by atomic mass is 9.96. The molecule has 1 aliphatic rings. The summed E-state index contributed by atoms with van der Waals surface area (Å²) in [5.41, 5.74) is 3.81. The first-order valence-corrected chi connectivity index (χ1v) is 14.0. The number of rotatable bonds is 7. The van der Waals surface area contributed by atoms with Gasteiger partial charge in [-0.25, -0.2) is 17.5 Å². The first-order valence-electron chi connectivity index (χ1n) is 12.6. The van der Waals surface area contributed by atoms with Gasteiger partial charge in [-0.2, -0.15) is 19.3 Å². The van der Waals surface area contributed by atoms with E-state index in [1.165, 1.54) is 27.4 Å². The third-order valence-electron chi connectivity index (χ3n) is 6.84. The fourth-order valence-electron chi connectivity index (χ4n) is 5.02. The van der Waals surface area contributed by atoms with E-state index in [1.54, 1.807) is 23.0 Å². The minimum atomic E-state index is -3.77. The van der Waals surface area contributed by atoms with E-state index in [9.17, 15) is 12.8 Å². The molecule has 37 heavy (non-hydrogen) atoms. The molecule has 2 aromatic heterocycles. The Morgan fingerprint density at radius 2 is 1.84 bits per heavy atom. The van der Waals surface area contributed by atoms with Gasteiger partial charge in [0.15, 0.2) is 0 Å². The molecule has 196 valence electrons. The summed E-state index contributed by atoms with van der Waals surface area (Å²) in [6.07, 6.45) is 3.13. The zero-order chi connectivity index (χ0) is 26.3. The van der Waals surface area contributed by atoms with Gasteiger partial charge in [-0.05, 0) is 67.3 Å². The Kier molecular flexibility index (Phi) is 6.86. The van der Waals surface area contributed by atoms with Crippen molar-refractivity contribution in [1.82, 2.24) is 34.0 Å². The van der Waals surface area contributed by atoms with E-state index in [1.807, 2.05) is 13.8 Å². The highest BCUT2D eigenvalue weighted by atomic mass is 32.2. The zero-order valence-electron chi connectivity index (χ0n) is 21.5. The summed E-state index contributed by atoms with van der Waals surface area (Å²) in [5.74, 6) is 0.137. The standard InChI is InChI=1S/C26H32FN7O2S/c1-5-33-28-15-26(30-33)37(35,36)32-11-10-31(16-18(2)3)25(17-32)23-13-20-14-29-34(24(20)12-19(23)4)22-8-6-21(27)7-9-22/h6-9,12-15,18,25H,5,10-11,16-17H2,1-4H3/t25-/m1/s1. The maximum atomic E-state index is 13.5. The van der Waals surface area contributed by atoms with E-state index in [-0.39, 0.29) is 16.9 Å². The van der Waals surface area contributed by atoms with Crippen LogP contribution >= 0.6 is 0 Å². The van der Waals surface area contributed by atoms with Gasteiger partial charge in [-0.15, -0.1) is 5.10 Å². The summed E-state index contributed by atoms with van der Waals surface area (Å²) in [7, 11) is -3.77. The van der Waals surface area contributed by atoms with Crippen LogP contribution in [0.3, 0.4) is 0 Å². The van der Waals surface area contributed by atoms with Crippen LogP contribution in [-0.4, -0.2) is 68.6 Å². The maximum absolute atomic E-state index is 13.5. The van der Waals surface area contributed by atoms with Gasteiger partial charge in [0.1, 0.15) is 5.82 Å². The molecule has 0 bridgehead atoms. The number of benzene rings is 2. The minimum absolute atomic E-state index is 0.0156. The second-order valence-electron chi connectivity index (χ2n) is 9.94. The Morgan fingerprint density at radius 1 is 1.08 bits per heavy atom. The van der Waals surface area contributed by atoms with Crippen molar-refractivity contribution in [3.05, 3.63) is 65.7 Å². The zero-order valence-corrected chi connectivity index (χ0v) is 22.4. The monoisotopic (exact) mass is 525 g/mol. The van der Waals surface area contributed by atoms with Crippen molar-refractivity contribution < 1.29 is 12.8 Å². The molecule has 1 saturated heterocycles. The Bertz CT molecular complexity index is 1510. The largest absolute Gasteiger partial charge is 0.293 e. The lowest BCUT2D eigenvalue weighted by molar-refractivity contribution is 0.105. The lowest BCUT2D eigenvalue weighted by Crippen LogP contribution is -2.51. The number of hydrogen-bond donors (Lipinski definition) is 0. The highest BCUT2D eigenvalue weighted by Gasteiger charge is 2.37. The first-order chi connectivity index (χ1) is 17.7. The van der Waals surface area contributed by atoms with Gasteiger partial charge in [-0.1, -0.05) is 13.8 Å². The van der Waals surface area contributed by atoms with E-state index in [4.69, 9.17) is 0 Å². The molecule has 0 saturated carbocycles. The van der Waals surface area contributed by atoms with E-state index >= 15 is 0 Å². The normalized spacial score (nSPS) is 17.7. The molecule has 4 aromatic rings. The third kappa shape index (κ3) is 4.90. The Labute approximate surface area is 216 Å². The summed E-state index contributed by atoms with van der Waals surface area (Å²) in [6.45, 7) is 11.0. The number of piperazine rings is 1. The van der Waals surface area contributed by atoms with Crippen molar-refractivity contribution in [3.63, 3.8) is 0 Å². The van der Waals surface area contributed by atoms with Gasteiger partial charge >= 0.3 is 0 Å². The molecular formula is C26H32FN7O2S. The predicted molar refractivity (Wildman–Crippen MR) is 139 cm³/mol. The highest BCUT2D eigenvalue weighted by molar-refractivity contribution is 7.89. The molecule has 2 aromatic carbocycles. The Hall–Kier alpha value is -3.15. The van der Waals surface area contributed by atoms with Crippen molar-refractivity contribution in [2.45, 2.75) is 45.3 Å². The van der Waals surface area contributed by atoms with Crippen molar-refractivity contribution in [1.29, 1.82) is 0 Å². The van der Waals surface area contributed by atoms with Crippen LogP contribution in [0.4, 0.5) is 4.39 Å². The molecule has 11 heteroatoms. The smallest absolute Gasteiger partial charge is 0.264 e. The molecule has 1 fully saturated rings. The van der Waals surface area contributed by atoms with Gasteiger partial charge in [0.25, 0.3) is 10.0 Å². The molecule has 5 rings (SSSR count). The van der Waals surface area contributed by atoms with Crippen LogP contribution in [-0.2, 0) is 16.6 Å². The first kappa shape index (κ1) is 25.5. The van der Waals surface area contributed by atoms with E-state index in [0.29, 0.717) is 32.1 Å². The van der Waals surface area contributed by atoms with Crippen LogP contribution < -0.4 is 0 Å². The van der Waals surface area contributed by atoms with Crippen LogP contribution in [0, 0.1) is 18.7 Å². The summed E-state index contributed by atoms with van der Waals surface area (Å²) in [6, 6.07) is 10.3. The van der Waals surface area contributed by atoms with Crippen LogP contribution in [0.25, 0.3) is 16.6 Å². The summed E-state index contributed by atoms with van der Waals surface area (Å²) < 4.78 is 43.7. The van der Waals surface area contributed by atoms with Gasteiger partial charge in [-0.3, -0.25) is 4.90 Å². The topological polar surface area (TPSA) is 89.2 Å². The number of aromatic nitrogens is 5. The molecule has 0 spiro atoms. The van der Waals surface area contributed by atoms with E-state index in [0.717, 1.165) is 34.3 Å². The second kappa shape index (κ2) is 9.96. The number of fused-ring (bicyclic) bond motifs is 1.